The Hall–Kier alpha value is -2.99. The molecule has 1 N–H and O–H groups in total. The van der Waals surface area contributed by atoms with Crippen LogP contribution in [-0.2, 0) is 15.5 Å². The summed E-state index contributed by atoms with van der Waals surface area (Å²) in [4.78, 5) is 25.1. The van der Waals surface area contributed by atoms with Crippen molar-refractivity contribution >= 4 is 33.4 Å². The number of methoxy groups -OCH3 is 1. The van der Waals surface area contributed by atoms with Crippen molar-refractivity contribution in [1.29, 1.82) is 0 Å². The molecule has 0 heterocycles. The number of fused-ring (bicyclic) bond motifs is 1. The highest BCUT2D eigenvalue weighted by Gasteiger charge is 2.21. The summed E-state index contributed by atoms with van der Waals surface area (Å²) in [5.41, 5.74) is 0.673. The lowest BCUT2D eigenvalue weighted by Crippen LogP contribution is -2.18. The minimum absolute atomic E-state index is 0.239. The maximum absolute atomic E-state index is 13.3. The van der Waals surface area contributed by atoms with Gasteiger partial charge in [0.05, 0.1) is 33.3 Å². The lowest BCUT2D eigenvalue weighted by atomic mass is 10.0. The lowest BCUT2D eigenvalue weighted by Gasteiger charge is -2.12. The normalized spacial score (nSPS) is 11.8. The van der Waals surface area contributed by atoms with E-state index in [1.54, 1.807) is 55.6 Å². The molecule has 1 unspecified atom stereocenters. The Kier molecular flexibility index (Phi) is 5.14. The van der Waals surface area contributed by atoms with Crippen LogP contribution in [0.15, 0.2) is 70.5 Å². The number of esters is 1. The van der Waals surface area contributed by atoms with Crippen molar-refractivity contribution in [2.45, 2.75) is 9.79 Å². The first kappa shape index (κ1) is 17.8. The molecule has 0 aliphatic carbocycles. The molecule has 26 heavy (non-hydrogen) atoms. The first-order valence-corrected chi connectivity index (χ1v) is 9.06. The zero-order valence-corrected chi connectivity index (χ0v) is 15.1. The van der Waals surface area contributed by atoms with Gasteiger partial charge in [0, 0.05) is 18.0 Å². The van der Waals surface area contributed by atoms with Crippen LogP contribution < -0.4 is 5.32 Å². The fourth-order valence-electron chi connectivity index (χ4n) is 2.81. The Morgan fingerprint density at radius 1 is 0.885 bits per heavy atom. The van der Waals surface area contributed by atoms with Crippen molar-refractivity contribution in [2.75, 3.05) is 14.2 Å². The molecule has 1 amide bonds. The molecule has 6 heteroatoms. The van der Waals surface area contributed by atoms with E-state index in [-0.39, 0.29) is 11.5 Å². The zero-order valence-electron chi connectivity index (χ0n) is 14.3. The number of nitrogens with one attached hydrogen (secondary N) is 1. The molecule has 3 rings (SSSR count). The van der Waals surface area contributed by atoms with E-state index in [9.17, 15) is 13.8 Å². The molecule has 0 aromatic heterocycles. The number of carbonyl (C=O) groups excluding carboxylic acids is 2. The molecule has 0 bridgehead atoms. The van der Waals surface area contributed by atoms with Crippen LogP contribution in [0.25, 0.3) is 10.8 Å². The second kappa shape index (κ2) is 7.49. The smallest absolute Gasteiger partial charge is 0.339 e. The van der Waals surface area contributed by atoms with Gasteiger partial charge in [0.2, 0.25) is 0 Å². The Balaban J connectivity index is 2.26. The molecule has 132 valence electrons. The van der Waals surface area contributed by atoms with Gasteiger partial charge >= 0.3 is 5.97 Å². The largest absolute Gasteiger partial charge is 0.465 e. The van der Waals surface area contributed by atoms with E-state index in [2.05, 4.69) is 5.32 Å². The van der Waals surface area contributed by atoms with Gasteiger partial charge in [-0.2, -0.15) is 0 Å². The summed E-state index contributed by atoms with van der Waals surface area (Å²) < 4.78 is 18.1. The first-order valence-electron chi connectivity index (χ1n) is 7.91. The van der Waals surface area contributed by atoms with Crippen molar-refractivity contribution < 1.29 is 18.5 Å². The maximum atomic E-state index is 13.3. The van der Waals surface area contributed by atoms with Gasteiger partial charge in [0.25, 0.3) is 5.91 Å². The summed E-state index contributed by atoms with van der Waals surface area (Å²) in [6.07, 6.45) is 0. The zero-order chi connectivity index (χ0) is 18.7. The van der Waals surface area contributed by atoms with Gasteiger partial charge in [-0.3, -0.25) is 4.79 Å². The van der Waals surface area contributed by atoms with E-state index < -0.39 is 16.8 Å². The van der Waals surface area contributed by atoms with Gasteiger partial charge in [-0.1, -0.05) is 36.4 Å². The van der Waals surface area contributed by atoms with Crippen LogP contribution in [0.3, 0.4) is 0 Å². The average molecular weight is 367 g/mol. The Bertz CT molecular complexity index is 1020. The predicted octanol–water partition coefficient (Wildman–Crippen LogP) is 3.15. The molecule has 0 radical (unpaired) electrons. The molecular weight excluding hydrogens is 350 g/mol. The summed E-state index contributed by atoms with van der Waals surface area (Å²) in [7, 11) is 1.17. The number of amides is 1. The highest BCUT2D eigenvalue weighted by atomic mass is 32.2. The number of hydrogen-bond acceptors (Lipinski definition) is 4. The summed E-state index contributed by atoms with van der Waals surface area (Å²) >= 11 is 0. The van der Waals surface area contributed by atoms with Gasteiger partial charge in [-0.05, 0) is 29.7 Å². The van der Waals surface area contributed by atoms with E-state index >= 15 is 0 Å². The molecule has 0 aliphatic heterocycles. The van der Waals surface area contributed by atoms with Crippen LogP contribution in [-0.4, -0.2) is 30.2 Å². The van der Waals surface area contributed by atoms with Gasteiger partial charge in [0.15, 0.2) is 0 Å². The van der Waals surface area contributed by atoms with Crippen molar-refractivity contribution in [2.24, 2.45) is 0 Å². The third-order valence-corrected chi connectivity index (χ3v) is 5.53. The van der Waals surface area contributed by atoms with Crippen molar-refractivity contribution in [1.82, 2.24) is 5.32 Å². The molecular formula is C20H17NO4S. The lowest BCUT2D eigenvalue weighted by molar-refractivity contribution is 0.0596. The Morgan fingerprint density at radius 3 is 2.19 bits per heavy atom. The third-order valence-electron chi connectivity index (χ3n) is 4.03. The second-order valence-electron chi connectivity index (χ2n) is 5.50. The number of carbonyl (C=O) groups is 2. The maximum Gasteiger partial charge on any atom is 0.339 e. The van der Waals surface area contributed by atoms with Crippen molar-refractivity contribution in [3.63, 3.8) is 0 Å². The molecule has 5 nitrogen and oxygen atoms in total. The van der Waals surface area contributed by atoms with Crippen molar-refractivity contribution in [3.8, 4) is 0 Å². The molecule has 0 aliphatic rings. The van der Waals surface area contributed by atoms with Gasteiger partial charge in [0.1, 0.15) is 0 Å². The first-order chi connectivity index (χ1) is 12.6. The van der Waals surface area contributed by atoms with E-state index in [0.29, 0.717) is 20.7 Å². The monoisotopic (exact) mass is 367 g/mol. The predicted molar refractivity (Wildman–Crippen MR) is 99.8 cm³/mol. The topological polar surface area (TPSA) is 72.5 Å². The van der Waals surface area contributed by atoms with E-state index in [4.69, 9.17) is 4.74 Å². The van der Waals surface area contributed by atoms with Crippen LogP contribution in [0.4, 0.5) is 0 Å². The minimum atomic E-state index is -1.66. The SMILES string of the molecule is CNC(=O)c1cccc2cccc(S(=O)c3ccccc3C(=O)OC)c12. The Labute approximate surface area is 153 Å². The van der Waals surface area contributed by atoms with Gasteiger partial charge in [-0.15, -0.1) is 0 Å². The molecule has 0 saturated carbocycles. The van der Waals surface area contributed by atoms with Crippen LogP contribution in [0, 0.1) is 0 Å². The van der Waals surface area contributed by atoms with Crippen LogP contribution in [0.2, 0.25) is 0 Å². The number of hydrogen-bond donors (Lipinski definition) is 1. The minimum Gasteiger partial charge on any atom is -0.465 e. The van der Waals surface area contributed by atoms with Crippen LogP contribution >= 0.6 is 0 Å². The average Bonchev–Trinajstić information content (AvgIpc) is 2.71. The van der Waals surface area contributed by atoms with E-state index in [1.807, 2.05) is 12.1 Å². The number of benzene rings is 3. The molecule has 0 fully saturated rings. The second-order valence-corrected chi connectivity index (χ2v) is 6.91. The van der Waals surface area contributed by atoms with E-state index in [1.165, 1.54) is 7.11 Å². The fraction of sp³-hybridized carbons (Fsp3) is 0.100. The summed E-state index contributed by atoms with van der Waals surface area (Å²) in [5.74, 6) is -0.818. The Morgan fingerprint density at radius 2 is 1.50 bits per heavy atom. The van der Waals surface area contributed by atoms with Gasteiger partial charge in [-0.25, -0.2) is 9.00 Å². The van der Waals surface area contributed by atoms with Gasteiger partial charge < -0.3 is 10.1 Å². The van der Waals surface area contributed by atoms with Crippen molar-refractivity contribution in [3.05, 3.63) is 71.8 Å². The van der Waals surface area contributed by atoms with Crippen LogP contribution in [0.1, 0.15) is 20.7 Å². The molecule has 3 aromatic rings. The molecule has 3 aromatic carbocycles. The standard InChI is InChI=1S/C20H17NO4S/c1-21-19(22)15-10-5-7-13-8-6-12-17(18(13)15)26(24)16-11-4-3-9-14(16)20(23)25-2/h3-12H,1-2H3,(H,21,22). The molecule has 0 spiro atoms. The summed E-state index contributed by atoms with van der Waals surface area (Å²) in [6, 6.07) is 17.3. The quantitative estimate of drug-likeness (QED) is 0.719. The number of rotatable bonds is 4. The highest BCUT2D eigenvalue weighted by Crippen LogP contribution is 2.30. The van der Waals surface area contributed by atoms with E-state index in [0.717, 1.165) is 5.39 Å². The summed E-state index contributed by atoms with van der Waals surface area (Å²) in [6.45, 7) is 0. The molecule has 1 atom stereocenters. The molecule has 0 saturated heterocycles. The fourth-order valence-corrected chi connectivity index (χ4v) is 4.22. The van der Waals surface area contributed by atoms with Crippen LogP contribution in [0.5, 0.6) is 0 Å². The number of ether oxygens (including phenoxy) is 1. The highest BCUT2D eigenvalue weighted by molar-refractivity contribution is 7.85. The third kappa shape index (κ3) is 3.11. The summed E-state index contributed by atoms with van der Waals surface area (Å²) in [5, 5.41) is 4.01.